The van der Waals surface area contributed by atoms with E-state index < -0.39 is 22.9 Å². The van der Waals surface area contributed by atoms with E-state index in [1.807, 2.05) is 0 Å². The highest BCUT2D eigenvalue weighted by Crippen LogP contribution is 2.32. The molecule has 0 aliphatic rings. The van der Waals surface area contributed by atoms with E-state index in [2.05, 4.69) is 15.3 Å². The number of rotatable bonds is 7. The zero-order valence-electron chi connectivity index (χ0n) is 16.1. The fourth-order valence-electron chi connectivity index (χ4n) is 2.50. The highest BCUT2D eigenvalue weighted by Gasteiger charge is 2.30. The molecule has 0 saturated heterocycles. The normalized spacial score (nSPS) is 12.4. The van der Waals surface area contributed by atoms with E-state index in [1.54, 1.807) is 24.4 Å². The molecule has 1 atom stereocenters. The van der Waals surface area contributed by atoms with Gasteiger partial charge in [-0.05, 0) is 36.8 Å². The number of hydrogen-bond acceptors (Lipinski definition) is 6. The van der Waals surface area contributed by atoms with Crippen LogP contribution in [0.25, 0.3) is 11.1 Å². The molecular weight excluding hydrogens is 449 g/mol. The number of nitrogens with zero attached hydrogens (tertiary/aromatic N) is 2. The summed E-state index contributed by atoms with van der Waals surface area (Å²) in [5.74, 6) is -0.517. The molecule has 0 saturated carbocycles. The summed E-state index contributed by atoms with van der Waals surface area (Å²) >= 11 is 2.54. The van der Waals surface area contributed by atoms with Crippen molar-refractivity contribution in [3.05, 3.63) is 59.2 Å². The maximum atomic E-state index is 12.9. The number of carbonyl (C=O) groups is 2. The van der Waals surface area contributed by atoms with E-state index >= 15 is 0 Å². The Morgan fingerprint density at radius 2 is 2.00 bits per heavy atom. The van der Waals surface area contributed by atoms with Crippen LogP contribution in [0, 0.1) is 0 Å². The van der Waals surface area contributed by atoms with Gasteiger partial charge in [-0.3, -0.25) is 9.59 Å². The first-order valence-corrected chi connectivity index (χ1v) is 10.7. The minimum absolute atomic E-state index is 0.0130. The van der Waals surface area contributed by atoms with Gasteiger partial charge in [-0.2, -0.15) is 13.2 Å². The third kappa shape index (κ3) is 6.28. The van der Waals surface area contributed by atoms with Gasteiger partial charge >= 0.3 is 6.18 Å². The summed E-state index contributed by atoms with van der Waals surface area (Å²) < 4.78 is 39.3. The molecule has 0 aliphatic heterocycles. The molecule has 31 heavy (non-hydrogen) atoms. The largest absolute Gasteiger partial charge is 0.416 e. The van der Waals surface area contributed by atoms with Gasteiger partial charge in [0.2, 0.25) is 11.8 Å². The van der Waals surface area contributed by atoms with E-state index in [9.17, 15) is 22.8 Å². The second kappa shape index (κ2) is 9.48. The zero-order valence-corrected chi connectivity index (χ0v) is 17.8. The van der Waals surface area contributed by atoms with Gasteiger partial charge in [0.05, 0.1) is 22.9 Å². The second-order valence-corrected chi connectivity index (χ2v) is 8.95. The van der Waals surface area contributed by atoms with Crippen LogP contribution in [-0.4, -0.2) is 27.0 Å². The van der Waals surface area contributed by atoms with Gasteiger partial charge in [0.15, 0.2) is 4.34 Å². The Balaban J connectivity index is 1.61. The lowest BCUT2D eigenvalue weighted by Gasteiger charge is -2.09. The summed E-state index contributed by atoms with van der Waals surface area (Å²) in [6, 6.07) is 8.04. The van der Waals surface area contributed by atoms with Crippen LogP contribution in [0.2, 0.25) is 0 Å². The minimum atomic E-state index is -4.43. The highest BCUT2D eigenvalue weighted by molar-refractivity contribution is 8.02. The Labute approximate surface area is 184 Å². The molecule has 3 aromatic rings. The number of carbonyl (C=O) groups excluding carboxylic acids is 2. The predicted molar refractivity (Wildman–Crippen MR) is 114 cm³/mol. The Kier molecular flexibility index (Phi) is 6.96. The first kappa shape index (κ1) is 22.8. The van der Waals surface area contributed by atoms with Crippen molar-refractivity contribution in [3.8, 4) is 11.1 Å². The van der Waals surface area contributed by atoms with Crippen LogP contribution >= 0.6 is 23.1 Å². The van der Waals surface area contributed by atoms with Gasteiger partial charge in [-0.1, -0.05) is 23.9 Å². The van der Waals surface area contributed by atoms with Crippen LogP contribution in [0.4, 0.5) is 19.0 Å². The van der Waals surface area contributed by atoms with Crippen LogP contribution in [0.3, 0.4) is 0 Å². The first-order chi connectivity index (χ1) is 14.6. The van der Waals surface area contributed by atoms with Crippen molar-refractivity contribution in [1.82, 2.24) is 9.97 Å². The summed E-state index contributed by atoms with van der Waals surface area (Å²) in [5, 5.41) is 3.92. The van der Waals surface area contributed by atoms with Crippen LogP contribution in [0.15, 0.2) is 52.3 Å². The fourth-order valence-corrected chi connectivity index (χ4v) is 4.43. The molecule has 0 bridgehead atoms. The average molecular weight is 467 g/mol. The van der Waals surface area contributed by atoms with Crippen LogP contribution in [0.5, 0.6) is 0 Å². The fraction of sp³-hybridized carbons (Fsp3) is 0.200. The van der Waals surface area contributed by atoms with Crippen molar-refractivity contribution in [3.63, 3.8) is 0 Å². The first-order valence-electron chi connectivity index (χ1n) is 8.96. The number of alkyl halides is 3. The molecule has 3 rings (SSSR count). The molecule has 3 N–H and O–H groups in total. The van der Waals surface area contributed by atoms with Crippen molar-refractivity contribution < 1.29 is 22.8 Å². The monoisotopic (exact) mass is 466 g/mol. The maximum absolute atomic E-state index is 12.9. The van der Waals surface area contributed by atoms with Gasteiger partial charge in [0, 0.05) is 17.1 Å². The smallest absolute Gasteiger partial charge is 0.369 e. The number of nitrogens with one attached hydrogen (secondary N) is 1. The summed E-state index contributed by atoms with van der Waals surface area (Å²) in [5.41, 5.74) is 5.90. The Bertz CT molecular complexity index is 1080. The SMILES string of the molecule is CC(Sc1nc(CC(=O)Nc2ccc(-c3cccc(C(F)(F)F)c3)cn2)cs1)C(N)=O. The molecule has 0 fully saturated rings. The number of amides is 2. The van der Waals surface area contributed by atoms with Gasteiger partial charge in [0.25, 0.3) is 0 Å². The van der Waals surface area contributed by atoms with E-state index in [-0.39, 0.29) is 18.1 Å². The number of thiazole rings is 1. The van der Waals surface area contributed by atoms with E-state index in [0.29, 0.717) is 21.2 Å². The molecular formula is C20H17F3N4O2S2. The molecule has 0 spiro atoms. The van der Waals surface area contributed by atoms with Crippen molar-refractivity contribution in [2.45, 2.75) is 29.1 Å². The van der Waals surface area contributed by atoms with Gasteiger partial charge in [-0.25, -0.2) is 9.97 Å². The number of halogens is 3. The molecule has 1 unspecified atom stereocenters. The van der Waals surface area contributed by atoms with E-state index in [4.69, 9.17) is 5.73 Å². The van der Waals surface area contributed by atoms with Crippen molar-refractivity contribution in [2.24, 2.45) is 5.73 Å². The van der Waals surface area contributed by atoms with Crippen LogP contribution in [0.1, 0.15) is 18.2 Å². The molecule has 2 heterocycles. The quantitative estimate of drug-likeness (QED) is 0.504. The number of pyridine rings is 1. The number of hydrogen-bond donors (Lipinski definition) is 2. The Hall–Kier alpha value is -2.92. The second-order valence-electron chi connectivity index (χ2n) is 6.50. The molecule has 2 aromatic heterocycles. The molecule has 162 valence electrons. The van der Waals surface area contributed by atoms with Crippen molar-refractivity contribution in [1.29, 1.82) is 0 Å². The topological polar surface area (TPSA) is 98.0 Å². The van der Waals surface area contributed by atoms with Crippen molar-refractivity contribution in [2.75, 3.05) is 5.32 Å². The summed E-state index contributed by atoms with van der Waals surface area (Å²) in [7, 11) is 0. The van der Waals surface area contributed by atoms with Gasteiger partial charge in [-0.15, -0.1) is 11.3 Å². The van der Waals surface area contributed by atoms with Crippen LogP contribution < -0.4 is 11.1 Å². The summed E-state index contributed by atoms with van der Waals surface area (Å²) in [6.45, 7) is 1.68. The third-order valence-corrected chi connectivity index (χ3v) is 6.24. The number of thioether (sulfide) groups is 1. The molecule has 1 aromatic carbocycles. The maximum Gasteiger partial charge on any atom is 0.416 e. The molecule has 0 aliphatic carbocycles. The van der Waals surface area contributed by atoms with E-state index in [1.165, 1.54) is 41.4 Å². The number of anilines is 1. The Morgan fingerprint density at radius 3 is 2.65 bits per heavy atom. The zero-order chi connectivity index (χ0) is 22.6. The van der Waals surface area contributed by atoms with Gasteiger partial charge in [0.1, 0.15) is 5.82 Å². The predicted octanol–water partition coefficient (Wildman–Crippen LogP) is 4.37. The average Bonchev–Trinajstić information content (AvgIpc) is 3.14. The third-order valence-electron chi connectivity index (χ3n) is 4.10. The minimum Gasteiger partial charge on any atom is -0.369 e. The van der Waals surface area contributed by atoms with Gasteiger partial charge < -0.3 is 11.1 Å². The number of aromatic nitrogens is 2. The summed E-state index contributed by atoms with van der Waals surface area (Å²) in [6.07, 6.45) is -3.02. The van der Waals surface area contributed by atoms with E-state index in [0.717, 1.165) is 12.1 Å². The number of primary amides is 1. The van der Waals surface area contributed by atoms with Crippen LogP contribution in [-0.2, 0) is 22.2 Å². The number of nitrogens with two attached hydrogens (primary N) is 1. The summed E-state index contributed by atoms with van der Waals surface area (Å²) in [4.78, 5) is 31.8. The number of benzene rings is 1. The molecule has 11 heteroatoms. The highest BCUT2D eigenvalue weighted by atomic mass is 32.2. The van der Waals surface area contributed by atoms with Crippen molar-refractivity contribution >= 4 is 40.7 Å². The molecule has 0 radical (unpaired) electrons. The molecule has 6 nitrogen and oxygen atoms in total. The lowest BCUT2D eigenvalue weighted by atomic mass is 10.0. The lowest BCUT2D eigenvalue weighted by molar-refractivity contribution is -0.137. The lowest BCUT2D eigenvalue weighted by Crippen LogP contribution is -2.22. The standard InChI is InChI=1S/C20H17F3N4O2S2/c1-11(18(24)29)31-19-26-15(10-30-19)8-17(28)27-16-6-5-13(9-25-16)12-3-2-4-14(7-12)20(21,22)23/h2-7,9-11H,8H2,1H3,(H2,24,29)(H,25,27,28). The molecule has 2 amide bonds. The Morgan fingerprint density at radius 1 is 1.23 bits per heavy atom.